The van der Waals surface area contributed by atoms with Crippen molar-refractivity contribution in [2.75, 3.05) is 31.6 Å². The monoisotopic (exact) mass is 317 g/mol. The lowest BCUT2D eigenvalue weighted by Crippen LogP contribution is -2.53. The molecular weight excluding hydrogens is 290 g/mol. The van der Waals surface area contributed by atoms with E-state index in [-0.39, 0.29) is 29.5 Å². The maximum Gasteiger partial charge on any atom is 0.236 e. The summed E-state index contributed by atoms with van der Waals surface area (Å²) in [6, 6.07) is 0.453. The fourth-order valence-electron chi connectivity index (χ4n) is 3.43. The quantitative estimate of drug-likeness (QED) is 0.778. The molecule has 3 atom stereocenters. The van der Waals surface area contributed by atoms with Crippen molar-refractivity contribution in [3.05, 3.63) is 0 Å². The molecule has 0 radical (unpaired) electrons. The number of sulfone groups is 1. The molecule has 1 amide bonds. The fourth-order valence-corrected chi connectivity index (χ4v) is 5.21. The van der Waals surface area contributed by atoms with Crippen LogP contribution in [0.5, 0.6) is 0 Å². The molecule has 0 aromatic rings. The van der Waals surface area contributed by atoms with Gasteiger partial charge in [0.25, 0.3) is 0 Å². The van der Waals surface area contributed by atoms with Gasteiger partial charge in [-0.2, -0.15) is 0 Å². The summed E-state index contributed by atoms with van der Waals surface area (Å²) in [5, 5.41) is 0. The van der Waals surface area contributed by atoms with Crippen molar-refractivity contribution in [1.82, 2.24) is 9.80 Å². The van der Waals surface area contributed by atoms with Gasteiger partial charge in [-0.25, -0.2) is 8.42 Å². The van der Waals surface area contributed by atoms with Crippen molar-refractivity contribution in [3.63, 3.8) is 0 Å². The first kappa shape index (κ1) is 16.7. The third kappa shape index (κ3) is 3.96. The van der Waals surface area contributed by atoms with Crippen LogP contribution < -0.4 is 5.73 Å². The molecule has 2 heterocycles. The standard InChI is InChI=1S/C14H27N3O3S/c1-11-4-3-5-12(8-15)17(11)9-14(18)16(2)13-6-7-21(19,20)10-13/h11-13H,3-10,15H2,1-2H3. The Bertz CT molecular complexity index is 480. The maximum absolute atomic E-state index is 12.5. The Kier molecular flexibility index (Phi) is 5.27. The zero-order chi connectivity index (χ0) is 15.6. The molecule has 6 nitrogen and oxygen atoms in total. The third-order valence-electron chi connectivity index (χ3n) is 4.93. The highest BCUT2D eigenvalue weighted by Crippen LogP contribution is 2.23. The molecule has 2 N–H and O–H groups in total. The number of hydrogen-bond donors (Lipinski definition) is 1. The molecule has 0 bridgehead atoms. The van der Waals surface area contributed by atoms with E-state index in [1.807, 2.05) is 0 Å². The molecule has 2 aliphatic rings. The van der Waals surface area contributed by atoms with Crippen LogP contribution in [0.2, 0.25) is 0 Å². The Morgan fingerprint density at radius 2 is 2.05 bits per heavy atom. The summed E-state index contributed by atoms with van der Waals surface area (Å²) in [6.07, 6.45) is 3.84. The van der Waals surface area contributed by atoms with Crippen LogP contribution in [0.25, 0.3) is 0 Å². The average molecular weight is 317 g/mol. The van der Waals surface area contributed by atoms with Gasteiger partial charge in [-0.05, 0) is 26.2 Å². The molecule has 2 fully saturated rings. The van der Waals surface area contributed by atoms with Crippen molar-refractivity contribution in [1.29, 1.82) is 0 Å². The second-order valence-electron chi connectivity index (χ2n) is 6.40. The number of likely N-dealkylation sites (N-methyl/N-ethyl adjacent to an activating group) is 1. The summed E-state index contributed by atoms with van der Waals surface area (Å²) in [4.78, 5) is 16.3. The van der Waals surface area contributed by atoms with Crippen LogP contribution in [-0.2, 0) is 14.6 Å². The maximum atomic E-state index is 12.5. The number of rotatable bonds is 4. The Balaban J connectivity index is 1.96. The van der Waals surface area contributed by atoms with Crippen molar-refractivity contribution in [2.24, 2.45) is 5.73 Å². The van der Waals surface area contributed by atoms with Gasteiger partial charge in [0, 0.05) is 31.7 Å². The van der Waals surface area contributed by atoms with E-state index in [1.54, 1.807) is 11.9 Å². The lowest BCUT2D eigenvalue weighted by molar-refractivity contribution is -0.134. The van der Waals surface area contributed by atoms with Gasteiger partial charge in [0.15, 0.2) is 9.84 Å². The number of carbonyl (C=O) groups is 1. The van der Waals surface area contributed by atoms with Crippen LogP contribution in [0, 0.1) is 0 Å². The zero-order valence-electron chi connectivity index (χ0n) is 13.0. The van der Waals surface area contributed by atoms with Gasteiger partial charge in [-0.15, -0.1) is 0 Å². The van der Waals surface area contributed by atoms with Crippen molar-refractivity contribution >= 4 is 15.7 Å². The molecule has 0 aromatic heterocycles. The van der Waals surface area contributed by atoms with Gasteiger partial charge in [0.05, 0.1) is 18.1 Å². The van der Waals surface area contributed by atoms with E-state index in [1.165, 1.54) is 0 Å². The summed E-state index contributed by atoms with van der Waals surface area (Å²) in [5.41, 5.74) is 5.82. The summed E-state index contributed by atoms with van der Waals surface area (Å²) in [7, 11) is -1.24. The highest BCUT2D eigenvalue weighted by Gasteiger charge is 2.35. The van der Waals surface area contributed by atoms with Crippen LogP contribution in [0.3, 0.4) is 0 Å². The molecule has 122 valence electrons. The average Bonchev–Trinajstić information content (AvgIpc) is 2.80. The van der Waals surface area contributed by atoms with Crippen LogP contribution in [0.4, 0.5) is 0 Å². The molecule has 2 rings (SSSR count). The minimum atomic E-state index is -2.96. The molecular formula is C14H27N3O3S. The predicted octanol–water partition coefficient (Wildman–Crippen LogP) is -0.166. The first-order chi connectivity index (χ1) is 9.84. The summed E-state index contributed by atoms with van der Waals surface area (Å²) >= 11 is 0. The largest absolute Gasteiger partial charge is 0.341 e. The number of hydrogen-bond acceptors (Lipinski definition) is 5. The number of amides is 1. The highest BCUT2D eigenvalue weighted by molar-refractivity contribution is 7.91. The van der Waals surface area contributed by atoms with Gasteiger partial charge in [0.1, 0.15) is 0 Å². The number of likely N-dealkylation sites (tertiary alicyclic amines) is 1. The first-order valence-electron chi connectivity index (χ1n) is 7.76. The van der Waals surface area contributed by atoms with E-state index >= 15 is 0 Å². The van der Waals surface area contributed by atoms with Crippen LogP contribution >= 0.6 is 0 Å². The molecule has 2 aliphatic heterocycles. The Morgan fingerprint density at radius 3 is 2.62 bits per heavy atom. The van der Waals surface area contributed by atoms with Gasteiger partial charge < -0.3 is 10.6 Å². The van der Waals surface area contributed by atoms with Gasteiger partial charge in [-0.1, -0.05) is 6.42 Å². The van der Waals surface area contributed by atoms with Crippen molar-refractivity contribution < 1.29 is 13.2 Å². The molecule has 0 saturated carbocycles. The third-order valence-corrected chi connectivity index (χ3v) is 6.68. The molecule has 21 heavy (non-hydrogen) atoms. The van der Waals surface area contributed by atoms with Crippen LogP contribution in [0.15, 0.2) is 0 Å². The van der Waals surface area contributed by atoms with Crippen molar-refractivity contribution in [2.45, 2.75) is 50.7 Å². The molecule has 2 saturated heterocycles. The van der Waals surface area contributed by atoms with Crippen LogP contribution in [0.1, 0.15) is 32.6 Å². The van der Waals surface area contributed by atoms with E-state index in [4.69, 9.17) is 5.73 Å². The summed E-state index contributed by atoms with van der Waals surface area (Å²) < 4.78 is 23.1. The first-order valence-corrected chi connectivity index (χ1v) is 9.58. The zero-order valence-corrected chi connectivity index (χ0v) is 13.8. The summed E-state index contributed by atoms with van der Waals surface area (Å²) in [5.74, 6) is 0.302. The number of nitrogens with zero attached hydrogens (tertiary/aromatic N) is 2. The number of carbonyl (C=O) groups excluding carboxylic acids is 1. The second kappa shape index (κ2) is 6.62. The lowest BCUT2D eigenvalue weighted by atomic mass is 9.96. The molecule has 0 aromatic carbocycles. The molecule has 0 aliphatic carbocycles. The Morgan fingerprint density at radius 1 is 1.33 bits per heavy atom. The predicted molar refractivity (Wildman–Crippen MR) is 82.7 cm³/mol. The van der Waals surface area contributed by atoms with E-state index < -0.39 is 9.84 Å². The molecule has 3 unspecified atom stereocenters. The smallest absolute Gasteiger partial charge is 0.236 e. The minimum Gasteiger partial charge on any atom is -0.341 e. The second-order valence-corrected chi connectivity index (χ2v) is 8.63. The van der Waals surface area contributed by atoms with Gasteiger partial charge >= 0.3 is 0 Å². The normalized spacial score (nSPS) is 33.0. The number of nitrogens with two attached hydrogens (primary N) is 1. The minimum absolute atomic E-state index is 0.00398. The Hall–Kier alpha value is -0.660. The van der Waals surface area contributed by atoms with Crippen molar-refractivity contribution in [3.8, 4) is 0 Å². The fraction of sp³-hybridized carbons (Fsp3) is 0.929. The van der Waals surface area contributed by atoms with Gasteiger partial charge in [-0.3, -0.25) is 9.69 Å². The molecule has 7 heteroatoms. The topological polar surface area (TPSA) is 83.7 Å². The Labute approximate surface area is 127 Å². The van der Waals surface area contributed by atoms with E-state index in [0.717, 1.165) is 19.3 Å². The SMILES string of the molecule is CC1CCCC(CN)N1CC(=O)N(C)C1CCS(=O)(=O)C1. The summed E-state index contributed by atoms with van der Waals surface area (Å²) in [6.45, 7) is 3.05. The number of piperidine rings is 1. The highest BCUT2D eigenvalue weighted by atomic mass is 32.2. The van der Waals surface area contributed by atoms with E-state index in [2.05, 4.69) is 11.8 Å². The van der Waals surface area contributed by atoms with Gasteiger partial charge in [0.2, 0.25) is 5.91 Å². The van der Waals surface area contributed by atoms with E-state index in [9.17, 15) is 13.2 Å². The molecule has 0 spiro atoms. The lowest BCUT2D eigenvalue weighted by Gasteiger charge is -2.40. The van der Waals surface area contributed by atoms with E-state index in [0.29, 0.717) is 25.6 Å². The van der Waals surface area contributed by atoms with Crippen LogP contribution in [-0.4, -0.2) is 73.9 Å².